The predicted octanol–water partition coefficient (Wildman–Crippen LogP) is 2.73. The molecule has 2 atom stereocenters. The Bertz CT molecular complexity index is 550. The van der Waals surface area contributed by atoms with Crippen molar-refractivity contribution in [2.24, 2.45) is 23.5 Å². The smallest absolute Gasteiger partial charge is 0.223 e. The predicted molar refractivity (Wildman–Crippen MR) is 79.7 cm³/mol. The van der Waals surface area contributed by atoms with E-state index in [0.717, 1.165) is 31.7 Å². The Hall–Kier alpha value is -1.49. The lowest BCUT2D eigenvalue weighted by atomic mass is 9.65. The zero-order valence-corrected chi connectivity index (χ0v) is 12.5. The number of amides is 1. The van der Waals surface area contributed by atoms with Crippen molar-refractivity contribution in [2.75, 3.05) is 0 Å². The van der Waals surface area contributed by atoms with Crippen LogP contribution in [0.2, 0.25) is 0 Å². The Kier molecular flexibility index (Phi) is 4.43. The van der Waals surface area contributed by atoms with Gasteiger partial charge in [0.25, 0.3) is 0 Å². The van der Waals surface area contributed by atoms with Gasteiger partial charge in [-0.15, -0.1) is 0 Å². The average Bonchev–Trinajstić information content (AvgIpc) is 2.45. The topological polar surface area (TPSA) is 55.1 Å². The number of halogens is 2. The molecule has 2 aliphatic rings. The molecule has 0 heterocycles. The van der Waals surface area contributed by atoms with E-state index in [4.69, 9.17) is 5.73 Å². The van der Waals surface area contributed by atoms with Gasteiger partial charge in [0.1, 0.15) is 11.6 Å². The van der Waals surface area contributed by atoms with Gasteiger partial charge in [-0.25, -0.2) is 8.78 Å². The lowest BCUT2D eigenvalue weighted by molar-refractivity contribution is -0.128. The molecule has 2 aliphatic carbocycles. The number of carbonyl (C=O) groups is 1. The van der Waals surface area contributed by atoms with Crippen molar-refractivity contribution in [2.45, 2.75) is 44.7 Å². The normalized spacial score (nSPS) is 30.9. The summed E-state index contributed by atoms with van der Waals surface area (Å²) in [6.45, 7) is 0.100. The largest absolute Gasteiger partial charge is 0.352 e. The number of fused-ring (bicyclic) bond motifs is 2. The summed E-state index contributed by atoms with van der Waals surface area (Å²) in [6, 6.07) is 3.64. The maximum atomic E-state index is 13.6. The van der Waals surface area contributed by atoms with Gasteiger partial charge in [-0.05, 0) is 43.6 Å². The quantitative estimate of drug-likeness (QED) is 0.902. The van der Waals surface area contributed by atoms with Crippen LogP contribution >= 0.6 is 0 Å². The van der Waals surface area contributed by atoms with Gasteiger partial charge in [-0.1, -0.05) is 12.5 Å². The summed E-state index contributed by atoms with van der Waals surface area (Å²) in [4.78, 5) is 12.3. The molecule has 3 N–H and O–H groups in total. The van der Waals surface area contributed by atoms with Gasteiger partial charge < -0.3 is 11.1 Å². The lowest BCUT2D eigenvalue weighted by Crippen LogP contribution is -2.49. The molecule has 5 heteroatoms. The highest BCUT2D eigenvalue weighted by atomic mass is 19.1. The van der Waals surface area contributed by atoms with Crippen LogP contribution in [-0.4, -0.2) is 11.9 Å². The fourth-order valence-electron chi connectivity index (χ4n) is 3.99. The van der Waals surface area contributed by atoms with Gasteiger partial charge in [-0.2, -0.15) is 0 Å². The average molecular weight is 308 g/mol. The molecule has 0 aliphatic heterocycles. The molecule has 3 rings (SSSR count). The molecular weight excluding hydrogens is 286 g/mol. The van der Waals surface area contributed by atoms with Crippen molar-refractivity contribution in [3.63, 3.8) is 0 Å². The zero-order valence-electron chi connectivity index (χ0n) is 12.5. The number of benzene rings is 1. The maximum absolute atomic E-state index is 13.6. The first-order valence-corrected chi connectivity index (χ1v) is 8.02. The summed E-state index contributed by atoms with van der Waals surface area (Å²) < 4.78 is 26.4. The summed E-state index contributed by atoms with van der Waals surface area (Å²) in [7, 11) is 0. The van der Waals surface area contributed by atoms with Crippen LogP contribution in [0.3, 0.4) is 0 Å². The number of rotatable bonds is 3. The highest BCUT2D eigenvalue weighted by Crippen LogP contribution is 2.41. The second kappa shape index (κ2) is 6.32. The standard InChI is InChI=1S/C17H22F2N2O/c18-14-5-4-12(15(19)8-14)9-21-17(22)13-6-10-2-1-3-11(7-13)16(10)20/h4-5,8,10-11,13,16H,1-3,6-7,9,20H2,(H,21,22). The van der Waals surface area contributed by atoms with Crippen LogP contribution in [0.25, 0.3) is 0 Å². The van der Waals surface area contributed by atoms with E-state index in [2.05, 4.69) is 5.32 Å². The van der Waals surface area contributed by atoms with Crippen molar-refractivity contribution >= 4 is 5.91 Å². The van der Waals surface area contributed by atoms with Crippen molar-refractivity contribution in [3.05, 3.63) is 35.4 Å². The molecule has 0 spiro atoms. The minimum atomic E-state index is -0.622. The van der Waals surface area contributed by atoms with Crippen LogP contribution in [0.1, 0.15) is 37.7 Å². The first-order chi connectivity index (χ1) is 10.5. The van der Waals surface area contributed by atoms with Crippen molar-refractivity contribution < 1.29 is 13.6 Å². The second-order valence-corrected chi connectivity index (χ2v) is 6.65. The van der Waals surface area contributed by atoms with Gasteiger partial charge >= 0.3 is 0 Å². The molecule has 1 aromatic carbocycles. The van der Waals surface area contributed by atoms with Crippen LogP contribution in [0.4, 0.5) is 8.78 Å². The van der Waals surface area contributed by atoms with E-state index >= 15 is 0 Å². The third-order valence-electron chi connectivity index (χ3n) is 5.25. The molecule has 120 valence electrons. The van der Waals surface area contributed by atoms with E-state index in [0.29, 0.717) is 17.4 Å². The van der Waals surface area contributed by atoms with Crippen molar-refractivity contribution in [1.29, 1.82) is 0 Å². The molecule has 2 fully saturated rings. The van der Waals surface area contributed by atoms with Gasteiger partial charge in [0.15, 0.2) is 0 Å². The monoisotopic (exact) mass is 308 g/mol. The van der Waals surface area contributed by atoms with Crippen molar-refractivity contribution in [1.82, 2.24) is 5.32 Å². The van der Waals surface area contributed by atoms with Gasteiger partial charge in [0.05, 0.1) is 0 Å². The molecule has 0 saturated heterocycles. The van der Waals surface area contributed by atoms with E-state index < -0.39 is 11.6 Å². The van der Waals surface area contributed by atoms with Crippen LogP contribution in [0.15, 0.2) is 18.2 Å². The number of carbonyl (C=O) groups excluding carboxylic acids is 1. The Balaban J connectivity index is 1.58. The molecule has 2 saturated carbocycles. The van der Waals surface area contributed by atoms with E-state index in [1.807, 2.05) is 0 Å². The van der Waals surface area contributed by atoms with Crippen molar-refractivity contribution in [3.8, 4) is 0 Å². The summed E-state index contributed by atoms with van der Waals surface area (Å²) >= 11 is 0. The molecule has 3 nitrogen and oxygen atoms in total. The molecular formula is C17H22F2N2O. The number of nitrogens with one attached hydrogen (secondary N) is 1. The van der Waals surface area contributed by atoms with Crippen LogP contribution in [-0.2, 0) is 11.3 Å². The van der Waals surface area contributed by atoms with Crippen LogP contribution in [0.5, 0.6) is 0 Å². The minimum Gasteiger partial charge on any atom is -0.352 e. The number of nitrogens with two attached hydrogens (primary N) is 1. The highest BCUT2D eigenvalue weighted by molar-refractivity contribution is 5.78. The zero-order chi connectivity index (χ0) is 15.7. The Morgan fingerprint density at radius 1 is 1.23 bits per heavy atom. The first kappa shape index (κ1) is 15.4. The minimum absolute atomic E-state index is 0.0291. The Morgan fingerprint density at radius 2 is 1.91 bits per heavy atom. The number of hydrogen-bond donors (Lipinski definition) is 2. The fourth-order valence-corrected chi connectivity index (χ4v) is 3.99. The van der Waals surface area contributed by atoms with E-state index in [-0.39, 0.29) is 24.4 Å². The third-order valence-corrected chi connectivity index (χ3v) is 5.25. The van der Waals surface area contributed by atoms with E-state index in [1.165, 1.54) is 18.6 Å². The van der Waals surface area contributed by atoms with Gasteiger partial charge in [0, 0.05) is 30.1 Å². The Morgan fingerprint density at radius 3 is 2.55 bits per heavy atom. The SMILES string of the molecule is NC1C2CCCC1CC(C(=O)NCc1ccc(F)cc1F)C2. The molecule has 2 unspecified atom stereocenters. The molecule has 1 aromatic rings. The van der Waals surface area contributed by atoms with Crippen LogP contribution < -0.4 is 11.1 Å². The molecule has 0 aromatic heterocycles. The first-order valence-electron chi connectivity index (χ1n) is 8.02. The summed E-state index contributed by atoms with van der Waals surface area (Å²) in [5.74, 6) is -0.424. The molecule has 1 amide bonds. The third kappa shape index (κ3) is 3.14. The second-order valence-electron chi connectivity index (χ2n) is 6.65. The lowest BCUT2D eigenvalue weighted by Gasteiger charge is -2.43. The van der Waals surface area contributed by atoms with E-state index in [9.17, 15) is 13.6 Å². The maximum Gasteiger partial charge on any atom is 0.223 e. The summed E-state index contributed by atoms with van der Waals surface area (Å²) in [5, 5.41) is 2.79. The van der Waals surface area contributed by atoms with E-state index in [1.54, 1.807) is 0 Å². The highest BCUT2D eigenvalue weighted by Gasteiger charge is 2.40. The fraction of sp³-hybridized carbons (Fsp3) is 0.588. The molecule has 0 radical (unpaired) electrons. The van der Waals surface area contributed by atoms with Crippen LogP contribution in [0, 0.1) is 29.4 Å². The van der Waals surface area contributed by atoms with Gasteiger partial charge in [-0.3, -0.25) is 4.79 Å². The Labute approximate surface area is 129 Å². The molecule has 22 heavy (non-hydrogen) atoms. The summed E-state index contributed by atoms with van der Waals surface area (Å²) in [6.07, 6.45) is 5.07. The summed E-state index contributed by atoms with van der Waals surface area (Å²) in [5.41, 5.74) is 6.54. The molecule has 2 bridgehead atoms. The van der Waals surface area contributed by atoms with Gasteiger partial charge in [0.2, 0.25) is 5.91 Å². The number of hydrogen-bond acceptors (Lipinski definition) is 2.